The molecule has 1 aliphatic heterocycles. The van der Waals surface area contributed by atoms with Gasteiger partial charge >= 0.3 is 5.97 Å². The predicted molar refractivity (Wildman–Crippen MR) is 79.6 cm³/mol. The fraction of sp³-hybridized carbons (Fsp3) is 0.462. The molecule has 1 fully saturated rings. The third-order valence-corrected chi connectivity index (χ3v) is 6.52. The second kappa shape index (κ2) is 6.04. The molecule has 8 heteroatoms. The lowest BCUT2D eigenvalue weighted by atomic mass is 9.98. The van der Waals surface area contributed by atoms with E-state index in [-0.39, 0.29) is 27.4 Å². The molecule has 1 aromatic rings. The van der Waals surface area contributed by atoms with Gasteiger partial charge in [-0.15, -0.1) is 0 Å². The topological polar surface area (TPSA) is 94.9 Å². The molecule has 1 aromatic carbocycles. The Labute approximate surface area is 131 Å². The van der Waals surface area contributed by atoms with Gasteiger partial charge in [0.1, 0.15) is 0 Å². The van der Waals surface area contributed by atoms with Crippen molar-refractivity contribution in [2.45, 2.75) is 24.3 Å². The minimum absolute atomic E-state index is 0.00752. The van der Waals surface area contributed by atoms with Crippen molar-refractivity contribution in [3.63, 3.8) is 0 Å². The number of aliphatic hydroxyl groups excluding tert-OH is 1. The lowest BCUT2D eigenvalue weighted by molar-refractivity contribution is 0.0605. The van der Waals surface area contributed by atoms with Crippen LogP contribution in [0.15, 0.2) is 27.6 Å². The van der Waals surface area contributed by atoms with Crippen LogP contribution in [-0.2, 0) is 10.0 Å². The summed E-state index contributed by atoms with van der Waals surface area (Å²) in [4.78, 5) is 10.9. The van der Waals surface area contributed by atoms with Crippen molar-refractivity contribution in [3.05, 3.63) is 28.2 Å². The SMILES string of the molecule is CC1CCN(S(=O)(=O)c2ccc(C(=O)O)cc2Br)CC1O. The first kappa shape index (κ1) is 16.4. The molecule has 0 bridgehead atoms. The summed E-state index contributed by atoms with van der Waals surface area (Å²) in [6.07, 6.45) is -0.101. The highest BCUT2D eigenvalue weighted by atomic mass is 79.9. The highest BCUT2D eigenvalue weighted by molar-refractivity contribution is 9.10. The van der Waals surface area contributed by atoms with Crippen LogP contribution in [0.1, 0.15) is 23.7 Å². The number of benzene rings is 1. The molecule has 0 saturated carbocycles. The summed E-state index contributed by atoms with van der Waals surface area (Å²) < 4.78 is 26.6. The van der Waals surface area contributed by atoms with Crippen LogP contribution in [0.2, 0.25) is 0 Å². The standard InChI is InChI=1S/C13H16BrNO5S/c1-8-4-5-15(7-11(8)16)21(19,20)12-3-2-9(13(17)18)6-10(12)14/h2-3,6,8,11,16H,4-5,7H2,1H3,(H,17,18). The van der Waals surface area contributed by atoms with Crippen LogP contribution in [0.3, 0.4) is 0 Å². The molecule has 0 radical (unpaired) electrons. The minimum Gasteiger partial charge on any atom is -0.478 e. The Morgan fingerprint density at radius 1 is 1.43 bits per heavy atom. The summed E-state index contributed by atoms with van der Waals surface area (Å²) >= 11 is 3.11. The van der Waals surface area contributed by atoms with Crippen molar-refractivity contribution in [2.24, 2.45) is 5.92 Å². The van der Waals surface area contributed by atoms with Gasteiger partial charge < -0.3 is 10.2 Å². The quantitative estimate of drug-likeness (QED) is 0.832. The highest BCUT2D eigenvalue weighted by Gasteiger charge is 2.33. The number of hydrogen-bond acceptors (Lipinski definition) is 4. The molecular formula is C13H16BrNO5S. The van der Waals surface area contributed by atoms with Crippen LogP contribution >= 0.6 is 15.9 Å². The molecule has 0 aliphatic carbocycles. The zero-order valence-corrected chi connectivity index (χ0v) is 13.8. The number of carbonyl (C=O) groups is 1. The van der Waals surface area contributed by atoms with E-state index in [2.05, 4.69) is 15.9 Å². The Bertz CT molecular complexity index is 661. The lowest BCUT2D eigenvalue weighted by Gasteiger charge is -2.33. The average Bonchev–Trinajstić information content (AvgIpc) is 2.41. The van der Waals surface area contributed by atoms with E-state index in [1.165, 1.54) is 22.5 Å². The predicted octanol–water partition coefficient (Wildman–Crippen LogP) is 1.54. The first-order valence-corrected chi connectivity index (χ1v) is 8.68. The number of aliphatic hydroxyl groups is 1. The molecular weight excluding hydrogens is 362 g/mol. The van der Waals surface area contributed by atoms with Crippen molar-refractivity contribution in [1.82, 2.24) is 4.31 Å². The normalized spacial score (nSPS) is 24.0. The molecule has 0 amide bonds. The smallest absolute Gasteiger partial charge is 0.335 e. The van der Waals surface area contributed by atoms with Crippen LogP contribution in [0, 0.1) is 5.92 Å². The van der Waals surface area contributed by atoms with E-state index >= 15 is 0 Å². The van der Waals surface area contributed by atoms with Crippen LogP contribution in [-0.4, -0.2) is 48.1 Å². The molecule has 2 N–H and O–H groups in total. The fourth-order valence-electron chi connectivity index (χ4n) is 2.22. The fourth-order valence-corrected chi connectivity index (χ4v) is 4.73. The molecule has 1 aliphatic rings. The zero-order chi connectivity index (χ0) is 15.8. The number of hydrogen-bond donors (Lipinski definition) is 2. The van der Waals surface area contributed by atoms with Gasteiger partial charge in [0.2, 0.25) is 10.0 Å². The Balaban J connectivity index is 2.34. The van der Waals surface area contributed by atoms with Gasteiger partial charge in [-0.1, -0.05) is 6.92 Å². The third-order valence-electron chi connectivity index (χ3n) is 3.68. The number of sulfonamides is 1. The Morgan fingerprint density at radius 3 is 2.62 bits per heavy atom. The number of rotatable bonds is 3. The summed E-state index contributed by atoms with van der Waals surface area (Å²) in [7, 11) is -3.76. The van der Waals surface area contributed by atoms with Crippen molar-refractivity contribution in [1.29, 1.82) is 0 Å². The summed E-state index contributed by atoms with van der Waals surface area (Å²) in [6.45, 7) is 2.27. The van der Waals surface area contributed by atoms with Gasteiger partial charge in [-0.05, 0) is 46.5 Å². The van der Waals surface area contributed by atoms with Gasteiger partial charge in [0, 0.05) is 17.6 Å². The lowest BCUT2D eigenvalue weighted by Crippen LogP contribution is -2.45. The first-order valence-electron chi connectivity index (χ1n) is 6.44. The average molecular weight is 378 g/mol. The van der Waals surface area contributed by atoms with Gasteiger partial charge in [-0.2, -0.15) is 4.31 Å². The van der Waals surface area contributed by atoms with Crippen LogP contribution in [0.5, 0.6) is 0 Å². The number of β-amino-alcohol motifs (C(OH)–C–C–N with tert-alkyl or cyclic N) is 1. The first-order chi connectivity index (χ1) is 9.73. The number of aromatic carboxylic acids is 1. The van der Waals surface area contributed by atoms with Gasteiger partial charge in [-0.3, -0.25) is 0 Å². The Morgan fingerprint density at radius 2 is 2.10 bits per heavy atom. The van der Waals surface area contributed by atoms with Crippen molar-refractivity contribution < 1.29 is 23.4 Å². The number of nitrogens with zero attached hydrogens (tertiary/aromatic N) is 1. The highest BCUT2D eigenvalue weighted by Crippen LogP contribution is 2.29. The van der Waals surface area contributed by atoms with Gasteiger partial charge in [0.05, 0.1) is 16.6 Å². The van der Waals surface area contributed by atoms with Crippen molar-refractivity contribution in [3.8, 4) is 0 Å². The molecule has 116 valence electrons. The molecule has 21 heavy (non-hydrogen) atoms. The van der Waals surface area contributed by atoms with E-state index in [4.69, 9.17) is 5.11 Å². The van der Waals surface area contributed by atoms with Crippen molar-refractivity contribution in [2.75, 3.05) is 13.1 Å². The van der Waals surface area contributed by atoms with E-state index in [1.807, 2.05) is 6.92 Å². The molecule has 2 atom stereocenters. The second-order valence-electron chi connectivity index (χ2n) is 5.15. The summed E-state index contributed by atoms with van der Waals surface area (Å²) in [5.41, 5.74) is 0.00752. The molecule has 2 unspecified atom stereocenters. The van der Waals surface area contributed by atoms with Crippen molar-refractivity contribution >= 4 is 31.9 Å². The molecule has 1 saturated heterocycles. The summed E-state index contributed by atoms with van der Waals surface area (Å²) in [5.74, 6) is -1.06. The summed E-state index contributed by atoms with van der Waals surface area (Å²) in [6, 6.07) is 3.79. The van der Waals surface area contributed by atoms with E-state index in [0.717, 1.165) is 0 Å². The number of carboxylic acids is 1. The number of carboxylic acid groups (broad SMARTS) is 1. The van der Waals surface area contributed by atoms with E-state index in [9.17, 15) is 18.3 Å². The maximum atomic E-state index is 12.6. The van der Waals surface area contributed by atoms with E-state index in [1.54, 1.807) is 0 Å². The molecule has 0 spiro atoms. The molecule has 2 rings (SSSR count). The minimum atomic E-state index is -3.76. The number of piperidine rings is 1. The maximum Gasteiger partial charge on any atom is 0.335 e. The van der Waals surface area contributed by atoms with Gasteiger partial charge in [0.15, 0.2) is 0 Å². The Hall–Kier alpha value is -0.960. The van der Waals surface area contributed by atoms with Gasteiger partial charge in [-0.25, -0.2) is 13.2 Å². The second-order valence-corrected chi connectivity index (χ2v) is 7.91. The van der Waals surface area contributed by atoms with Crippen LogP contribution in [0.25, 0.3) is 0 Å². The maximum absolute atomic E-state index is 12.6. The van der Waals surface area contributed by atoms with Gasteiger partial charge in [0.25, 0.3) is 0 Å². The molecule has 0 aromatic heterocycles. The van der Waals surface area contributed by atoms with Crippen LogP contribution < -0.4 is 0 Å². The monoisotopic (exact) mass is 377 g/mol. The van der Waals surface area contributed by atoms with E-state index in [0.29, 0.717) is 13.0 Å². The zero-order valence-electron chi connectivity index (χ0n) is 11.4. The largest absolute Gasteiger partial charge is 0.478 e. The Kier molecular flexibility index (Phi) is 4.72. The van der Waals surface area contributed by atoms with Crippen LogP contribution in [0.4, 0.5) is 0 Å². The molecule has 6 nitrogen and oxygen atoms in total. The summed E-state index contributed by atoms with van der Waals surface area (Å²) in [5, 5.41) is 18.8. The number of halogens is 1. The van der Waals surface area contributed by atoms with E-state index < -0.39 is 22.1 Å². The third kappa shape index (κ3) is 3.28. The molecule has 1 heterocycles.